The van der Waals surface area contributed by atoms with Crippen molar-refractivity contribution in [3.8, 4) is 0 Å². The van der Waals surface area contributed by atoms with Crippen molar-refractivity contribution in [2.45, 2.75) is 12.3 Å². The van der Waals surface area contributed by atoms with Crippen LogP contribution in [0.25, 0.3) is 6.08 Å². The van der Waals surface area contributed by atoms with Crippen molar-refractivity contribution in [2.24, 2.45) is 11.0 Å². The van der Waals surface area contributed by atoms with Gasteiger partial charge < -0.3 is 0 Å². The van der Waals surface area contributed by atoms with Crippen LogP contribution >= 0.6 is 0 Å². The number of carbonyl (C=O) groups excluding carboxylic acids is 1. The average molecular weight is 290 g/mol. The Morgan fingerprint density at radius 2 is 1.73 bits per heavy atom. The summed E-state index contributed by atoms with van der Waals surface area (Å²) in [5.74, 6) is 0.395. The molecule has 0 radical (unpaired) electrons. The lowest BCUT2D eigenvalue weighted by Gasteiger charge is -1.99. The molecule has 22 heavy (non-hydrogen) atoms. The molecule has 2 atom stereocenters. The first-order valence-corrected chi connectivity index (χ1v) is 7.44. The van der Waals surface area contributed by atoms with E-state index < -0.39 is 0 Å². The number of hydrogen-bond donors (Lipinski definition) is 1. The van der Waals surface area contributed by atoms with Gasteiger partial charge in [0, 0.05) is 12.1 Å². The van der Waals surface area contributed by atoms with Gasteiger partial charge in [-0.3, -0.25) is 4.79 Å². The first-order valence-electron chi connectivity index (χ1n) is 7.44. The Hall–Kier alpha value is -2.68. The molecular weight excluding hydrogens is 272 g/mol. The van der Waals surface area contributed by atoms with E-state index in [0.29, 0.717) is 5.92 Å². The van der Waals surface area contributed by atoms with Gasteiger partial charge in [0.05, 0.1) is 0 Å². The molecule has 0 aromatic heterocycles. The number of benzene rings is 2. The fourth-order valence-electron chi connectivity index (χ4n) is 2.50. The van der Waals surface area contributed by atoms with Crippen molar-refractivity contribution in [1.29, 1.82) is 0 Å². The molecule has 1 amide bonds. The fraction of sp³-hybridized carbons (Fsp3) is 0.158. The van der Waals surface area contributed by atoms with E-state index in [2.05, 4.69) is 22.7 Å². The molecule has 110 valence electrons. The van der Waals surface area contributed by atoms with E-state index in [9.17, 15) is 4.79 Å². The van der Waals surface area contributed by atoms with Crippen LogP contribution in [0.4, 0.5) is 0 Å². The van der Waals surface area contributed by atoms with E-state index in [1.807, 2.05) is 60.7 Å². The minimum Gasteiger partial charge on any atom is -0.273 e. The average Bonchev–Trinajstić information content (AvgIpc) is 3.37. The molecule has 1 N–H and O–H groups in total. The molecule has 1 fully saturated rings. The highest BCUT2D eigenvalue weighted by Gasteiger charge is 2.43. The molecule has 0 aliphatic heterocycles. The maximum atomic E-state index is 12.0. The van der Waals surface area contributed by atoms with E-state index in [1.165, 1.54) is 5.56 Å². The molecule has 2 aromatic rings. The van der Waals surface area contributed by atoms with Crippen LogP contribution in [0.2, 0.25) is 0 Å². The molecule has 1 aliphatic rings. The minimum absolute atomic E-state index is 0.00165. The summed E-state index contributed by atoms with van der Waals surface area (Å²) in [6.07, 6.45) is 6.27. The molecule has 3 nitrogen and oxygen atoms in total. The van der Waals surface area contributed by atoms with E-state index >= 15 is 0 Å². The Kier molecular flexibility index (Phi) is 4.44. The zero-order valence-corrected chi connectivity index (χ0v) is 12.2. The van der Waals surface area contributed by atoms with Gasteiger partial charge in [-0.25, -0.2) is 5.43 Å². The highest BCUT2D eigenvalue weighted by molar-refractivity contribution is 5.85. The second-order valence-electron chi connectivity index (χ2n) is 5.38. The summed E-state index contributed by atoms with van der Waals surface area (Å²) in [6.45, 7) is 0. The van der Waals surface area contributed by atoms with Crippen molar-refractivity contribution in [3.63, 3.8) is 0 Å². The number of carbonyl (C=O) groups is 1. The molecule has 1 aliphatic carbocycles. The van der Waals surface area contributed by atoms with Crippen LogP contribution in [0, 0.1) is 5.92 Å². The van der Waals surface area contributed by atoms with Crippen LogP contribution in [0.3, 0.4) is 0 Å². The zero-order valence-electron chi connectivity index (χ0n) is 12.2. The van der Waals surface area contributed by atoms with Gasteiger partial charge in [0.1, 0.15) is 0 Å². The summed E-state index contributed by atoms with van der Waals surface area (Å²) >= 11 is 0. The van der Waals surface area contributed by atoms with Crippen LogP contribution in [0.15, 0.2) is 71.8 Å². The Balaban J connectivity index is 1.46. The van der Waals surface area contributed by atoms with Crippen molar-refractivity contribution in [3.05, 3.63) is 77.9 Å². The van der Waals surface area contributed by atoms with Gasteiger partial charge in [-0.1, -0.05) is 66.7 Å². The van der Waals surface area contributed by atoms with E-state index in [1.54, 1.807) is 6.21 Å². The Bertz CT molecular complexity index is 677. The maximum Gasteiger partial charge on any atom is 0.243 e. The van der Waals surface area contributed by atoms with E-state index in [-0.39, 0.29) is 11.8 Å². The van der Waals surface area contributed by atoms with Gasteiger partial charge >= 0.3 is 0 Å². The molecule has 1 saturated carbocycles. The summed E-state index contributed by atoms with van der Waals surface area (Å²) in [6, 6.07) is 20.1. The van der Waals surface area contributed by atoms with Crippen molar-refractivity contribution < 1.29 is 4.79 Å². The molecule has 0 spiro atoms. The minimum atomic E-state index is -0.00165. The second kappa shape index (κ2) is 6.85. The topological polar surface area (TPSA) is 41.5 Å². The van der Waals surface area contributed by atoms with Gasteiger partial charge in [-0.05, 0) is 29.5 Å². The van der Waals surface area contributed by atoms with E-state index in [4.69, 9.17) is 0 Å². The number of amides is 1. The number of rotatable bonds is 5. The van der Waals surface area contributed by atoms with Gasteiger partial charge in [0.15, 0.2) is 0 Å². The summed E-state index contributed by atoms with van der Waals surface area (Å²) in [5, 5.41) is 3.96. The smallest absolute Gasteiger partial charge is 0.243 e. The molecule has 0 unspecified atom stereocenters. The molecular formula is C19H18N2O. The lowest BCUT2D eigenvalue weighted by atomic mass is 10.1. The zero-order chi connectivity index (χ0) is 15.2. The summed E-state index contributed by atoms with van der Waals surface area (Å²) in [5.41, 5.74) is 4.95. The second-order valence-corrected chi connectivity index (χ2v) is 5.38. The molecule has 0 saturated heterocycles. The molecule has 3 heteroatoms. The third kappa shape index (κ3) is 3.70. The summed E-state index contributed by atoms with van der Waals surface area (Å²) in [7, 11) is 0. The maximum absolute atomic E-state index is 12.0. The first kappa shape index (κ1) is 14.3. The van der Waals surface area contributed by atoms with Gasteiger partial charge in [-0.15, -0.1) is 0 Å². The number of hydrazone groups is 1. The quantitative estimate of drug-likeness (QED) is 0.663. The Morgan fingerprint density at radius 3 is 2.45 bits per heavy atom. The van der Waals surface area contributed by atoms with Crippen molar-refractivity contribution in [2.75, 3.05) is 0 Å². The van der Waals surface area contributed by atoms with E-state index in [0.717, 1.165) is 12.0 Å². The van der Waals surface area contributed by atoms with Crippen LogP contribution in [0.1, 0.15) is 23.5 Å². The predicted octanol–water partition coefficient (Wildman–Crippen LogP) is 3.61. The Labute approximate surface area is 130 Å². The highest BCUT2D eigenvalue weighted by Crippen LogP contribution is 2.47. The number of nitrogens with one attached hydrogen (secondary N) is 1. The first-order chi connectivity index (χ1) is 10.8. The SMILES string of the molecule is O=C(NN=C/C=C\c1ccccc1)[C@@H]1C[C@H]1c1ccccc1. The van der Waals surface area contributed by atoms with Gasteiger partial charge in [0.25, 0.3) is 0 Å². The largest absolute Gasteiger partial charge is 0.273 e. The summed E-state index contributed by atoms with van der Waals surface area (Å²) in [4.78, 5) is 12.0. The number of allylic oxidation sites excluding steroid dienone is 1. The van der Waals surface area contributed by atoms with Gasteiger partial charge in [0.2, 0.25) is 5.91 Å². The highest BCUT2D eigenvalue weighted by atomic mass is 16.2. The van der Waals surface area contributed by atoms with Gasteiger partial charge in [-0.2, -0.15) is 5.10 Å². The number of hydrogen-bond acceptors (Lipinski definition) is 2. The molecule has 0 heterocycles. The lowest BCUT2D eigenvalue weighted by molar-refractivity contribution is -0.122. The van der Waals surface area contributed by atoms with Crippen LogP contribution in [-0.4, -0.2) is 12.1 Å². The number of nitrogens with zero attached hydrogens (tertiary/aromatic N) is 1. The molecule has 3 rings (SSSR count). The fourth-order valence-corrected chi connectivity index (χ4v) is 2.50. The molecule has 2 aromatic carbocycles. The Morgan fingerprint density at radius 1 is 1.05 bits per heavy atom. The third-order valence-electron chi connectivity index (χ3n) is 3.78. The molecule has 0 bridgehead atoms. The third-order valence-corrected chi connectivity index (χ3v) is 3.78. The van der Waals surface area contributed by atoms with Crippen molar-refractivity contribution >= 4 is 18.2 Å². The summed E-state index contributed by atoms with van der Waals surface area (Å²) < 4.78 is 0. The van der Waals surface area contributed by atoms with Crippen LogP contribution in [-0.2, 0) is 4.79 Å². The van der Waals surface area contributed by atoms with Crippen molar-refractivity contribution in [1.82, 2.24) is 5.43 Å². The normalized spacial score (nSPS) is 20.4. The standard InChI is InChI=1S/C19H18N2O/c22-19(18-14-17(18)16-11-5-2-6-12-16)21-20-13-7-10-15-8-3-1-4-9-15/h1-13,17-18H,14H2,(H,21,22)/b10-7-,20-13?/t17-,18+/m0/s1. The predicted molar refractivity (Wildman–Crippen MR) is 89.4 cm³/mol. The lowest BCUT2D eigenvalue weighted by Crippen LogP contribution is -2.19. The monoisotopic (exact) mass is 290 g/mol. The van der Waals surface area contributed by atoms with Crippen LogP contribution in [0.5, 0.6) is 0 Å². The van der Waals surface area contributed by atoms with Crippen LogP contribution < -0.4 is 5.43 Å².